The third kappa shape index (κ3) is 2.44. The molecule has 1 aromatic carbocycles. The summed E-state index contributed by atoms with van der Waals surface area (Å²) in [5.41, 5.74) is 2.91. The Morgan fingerprint density at radius 2 is 2.00 bits per heavy atom. The van der Waals surface area contributed by atoms with Crippen molar-refractivity contribution in [3.05, 3.63) is 46.2 Å². The summed E-state index contributed by atoms with van der Waals surface area (Å²) in [6.45, 7) is 4.39. The maximum atomic E-state index is 6.07. The van der Waals surface area contributed by atoms with Crippen molar-refractivity contribution in [2.45, 2.75) is 20.5 Å². The van der Waals surface area contributed by atoms with Crippen molar-refractivity contribution in [1.29, 1.82) is 0 Å². The fourth-order valence-electron chi connectivity index (χ4n) is 1.73. The van der Waals surface area contributed by atoms with E-state index in [-0.39, 0.29) is 0 Å². The lowest BCUT2D eigenvalue weighted by Crippen LogP contribution is -1.98. The fourth-order valence-corrected chi connectivity index (χ4v) is 1.92. The Morgan fingerprint density at radius 1 is 1.29 bits per heavy atom. The predicted octanol–water partition coefficient (Wildman–Crippen LogP) is 3.27. The minimum Gasteiger partial charge on any atom is -0.485 e. The van der Waals surface area contributed by atoms with Crippen LogP contribution in [0.4, 0.5) is 0 Å². The summed E-state index contributed by atoms with van der Waals surface area (Å²) >= 11 is 6.07. The monoisotopic (exact) mass is 250 g/mol. The van der Waals surface area contributed by atoms with Crippen LogP contribution < -0.4 is 4.74 Å². The standard InChI is InChI=1S/C13H15ClN2O/c1-9-13(10(2)16(3)15-9)17-8-11-6-4-5-7-12(11)14/h4-7H,8H2,1-3H3. The zero-order chi connectivity index (χ0) is 12.4. The number of aromatic nitrogens is 2. The number of nitrogens with zero attached hydrogens (tertiary/aromatic N) is 2. The van der Waals surface area contributed by atoms with Crippen molar-refractivity contribution in [1.82, 2.24) is 9.78 Å². The van der Waals surface area contributed by atoms with Crippen molar-refractivity contribution in [2.75, 3.05) is 0 Å². The van der Waals surface area contributed by atoms with E-state index in [0.29, 0.717) is 6.61 Å². The summed E-state index contributed by atoms with van der Waals surface area (Å²) in [6.07, 6.45) is 0. The molecule has 0 saturated heterocycles. The van der Waals surface area contributed by atoms with Gasteiger partial charge in [-0.3, -0.25) is 4.68 Å². The average molecular weight is 251 g/mol. The molecule has 2 rings (SSSR count). The molecular weight excluding hydrogens is 236 g/mol. The lowest BCUT2D eigenvalue weighted by Gasteiger charge is -2.07. The van der Waals surface area contributed by atoms with E-state index in [1.165, 1.54) is 0 Å². The smallest absolute Gasteiger partial charge is 0.163 e. The summed E-state index contributed by atoms with van der Waals surface area (Å²) in [6, 6.07) is 7.69. The first-order chi connectivity index (χ1) is 8.09. The summed E-state index contributed by atoms with van der Waals surface area (Å²) in [7, 11) is 1.91. The quantitative estimate of drug-likeness (QED) is 0.836. The van der Waals surface area contributed by atoms with Gasteiger partial charge in [0.2, 0.25) is 0 Å². The molecule has 0 fully saturated rings. The highest BCUT2D eigenvalue weighted by Gasteiger charge is 2.11. The Kier molecular flexibility index (Phi) is 3.38. The number of aryl methyl sites for hydroxylation is 2. The van der Waals surface area contributed by atoms with Crippen LogP contribution in [0.2, 0.25) is 5.02 Å². The molecule has 2 aromatic rings. The molecule has 0 radical (unpaired) electrons. The molecule has 0 aliphatic rings. The molecule has 0 saturated carbocycles. The first-order valence-corrected chi connectivity index (χ1v) is 5.84. The highest BCUT2D eigenvalue weighted by Crippen LogP contribution is 2.24. The van der Waals surface area contributed by atoms with Gasteiger partial charge in [0.25, 0.3) is 0 Å². The number of halogens is 1. The van der Waals surface area contributed by atoms with Gasteiger partial charge in [-0.25, -0.2) is 0 Å². The molecule has 0 bridgehead atoms. The van der Waals surface area contributed by atoms with Gasteiger partial charge >= 0.3 is 0 Å². The van der Waals surface area contributed by atoms with Gasteiger partial charge in [0.05, 0.1) is 5.69 Å². The van der Waals surface area contributed by atoms with Crippen molar-refractivity contribution < 1.29 is 4.74 Å². The predicted molar refractivity (Wildman–Crippen MR) is 68.5 cm³/mol. The van der Waals surface area contributed by atoms with E-state index in [9.17, 15) is 0 Å². The molecule has 90 valence electrons. The summed E-state index contributed by atoms with van der Waals surface area (Å²) in [4.78, 5) is 0. The van der Waals surface area contributed by atoms with Gasteiger partial charge in [0.1, 0.15) is 12.3 Å². The van der Waals surface area contributed by atoms with Crippen LogP contribution in [0.25, 0.3) is 0 Å². The van der Waals surface area contributed by atoms with Crippen LogP contribution in [0.15, 0.2) is 24.3 Å². The van der Waals surface area contributed by atoms with E-state index in [4.69, 9.17) is 16.3 Å². The third-order valence-corrected chi connectivity index (χ3v) is 3.14. The molecule has 0 N–H and O–H groups in total. The Bertz CT molecular complexity index is 534. The van der Waals surface area contributed by atoms with Crippen LogP contribution in [0.3, 0.4) is 0 Å². The van der Waals surface area contributed by atoms with E-state index < -0.39 is 0 Å². The third-order valence-electron chi connectivity index (χ3n) is 2.77. The fraction of sp³-hybridized carbons (Fsp3) is 0.308. The first-order valence-electron chi connectivity index (χ1n) is 5.46. The Morgan fingerprint density at radius 3 is 2.59 bits per heavy atom. The molecule has 1 aromatic heterocycles. The number of rotatable bonds is 3. The molecule has 17 heavy (non-hydrogen) atoms. The molecule has 0 unspecified atom stereocenters. The van der Waals surface area contributed by atoms with Gasteiger partial charge in [0.15, 0.2) is 5.75 Å². The van der Waals surface area contributed by atoms with E-state index in [1.54, 1.807) is 0 Å². The van der Waals surface area contributed by atoms with Gasteiger partial charge in [0, 0.05) is 17.6 Å². The highest BCUT2D eigenvalue weighted by molar-refractivity contribution is 6.31. The van der Waals surface area contributed by atoms with Crippen LogP contribution in [0, 0.1) is 13.8 Å². The zero-order valence-electron chi connectivity index (χ0n) is 10.2. The SMILES string of the molecule is Cc1nn(C)c(C)c1OCc1ccccc1Cl. The summed E-state index contributed by atoms with van der Waals surface area (Å²) in [5.74, 6) is 0.840. The number of benzene rings is 1. The molecule has 1 heterocycles. The van der Waals surface area contributed by atoms with Crippen LogP contribution >= 0.6 is 11.6 Å². The van der Waals surface area contributed by atoms with Crippen molar-refractivity contribution in [3.63, 3.8) is 0 Å². The van der Waals surface area contributed by atoms with Gasteiger partial charge < -0.3 is 4.74 Å². The number of hydrogen-bond acceptors (Lipinski definition) is 2. The van der Waals surface area contributed by atoms with Crippen LogP contribution in [0.1, 0.15) is 17.0 Å². The molecule has 0 spiro atoms. The van der Waals surface area contributed by atoms with E-state index in [1.807, 2.05) is 49.8 Å². The van der Waals surface area contributed by atoms with Crippen LogP contribution in [-0.4, -0.2) is 9.78 Å². The lowest BCUT2D eigenvalue weighted by atomic mass is 10.2. The highest BCUT2D eigenvalue weighted by atomic mass is 35.5. The second-order valence-electron chi connectivity index (χ2n) is 4.00. The molecular formula is C13H15ClN2O. The zero-order valence-corrected chi connectivity index (χ0v) is 11.0. The Balaban J connectivity index is 2.15. The number of hydrogen-bond donors (Lipinski definition) is 0. The average Bonchev–Trinajstić information content (AvgIpc) is 2.53. The van der Waals surface area contributed by atoms with Crippen LogP contribution in [0.5, 0.6) is 5.75 Å². The minimum absolute atomic E-state index is 0.465. The maximum Gasteiger partial charge on any atom is 0.163 e. The molecule has 0 atom stereocenters. The van der Waals surface area contributed by atoms with E-state index in [0.717, 1.165) is 27.7 Å². The molecule has 0 aliphatic carbocycles. The van der Waals surface area contributed by atoms with Gasteiger partial charge in [-0.2, -0.15) is 5.10 Å². The van der Waals surface area contributed by atoms with Gasteiger partial charge in [-0.05, 0) is 19.9 Å². The van der Waals surface area contributed by atoms with E-state index >= 15 is 0 Å². The second kappa shape index (κ2) is 4.80. The topological polar surface area (TPSA) is 27.1 Å². The second-order valence-corrected chi connectivity index (χ2v) is 4.41. The Hall–Kier alpha value is -1.48. The van der Waals surface area contributed by atoms with Crippen molar-refractivity contribution >= 4 is 11.6 Å². The van der Waals surface area contributed by atoms with Gasteiger partial charge in [-0.1, -0.05) is 29.8 Å². The van der Waals surface area contributed by atoms with Crippen molar-refractivity contribution in [2.24, 2.45) is 7.05 Å². The molecule has 0 aliphatic heterocycles. The maximum absolute atomic E-state index is 6.07. The molecule has 4 heteroatoms. The van der Waals surface area contributed by atoms with E-state index in [2.05, 4.69) is 5.10 Å². The van der Waals surface area contributed by atoms with Crippen LogP contribution in [-0.2, 0) is 13.7 Å². The minimum atomic E-state index is 0.465. The van der Waals surface area contributed by atoms with Gasteiger partial charge in [-0.15, -0.1) is 0 Å². The lowest BCUT2D eigenvalue weighted by molar-refractivity contribution is 0.301. The Labute approximate surface area is 106 Å². The largest absolute Gasteiger partial charge is 0.485 e. The summed E-state index contributed by atoms with van der Waals surface area (Å²) in [5, 5.41) is 5.03. The normalized spacial score (nSPS) is 10.6. The molecule has 0 amide bonds. The van der Waals surface area contributed by atoms with Crippen molar-refractivity contribution in [3.8, 4) is 5.75 Å². The molecule has 3 nitrogen and oxygen atoms in total. The first kappa shape index (κ1) is 12.0. The summed E-state index contributed by atoms with van der Waals surface area (Å²) < 4.78 is 7.60. The number of ether oxygens (including phenoxy) is 1.